The second-order valence-electron chi connectivity index (χ2n) is 6.67. The third-order valence-electron chi connectivity index (χ3n) is 4.92. The molecule has 1 amide bonds. The summed E-state index contributed by atoms with van der Waals surface area (Å²) in [4.78, 5) is 26.2. The molecule has 2 atom stereocenters. The van der Waals surface area contributed by atoms with Crippen LogP contribution in [0.4, 0.5) is 0 Å². The molecule has 0 aliphatic carbocycles. The number of benzene rings is 1. The lowest BCUT2D eigenvalue weighted by Gasteiger charge is -2.40. The molecule has 2 aromatic rings. The molecule has 1 fully saturated rings. The Bertz CT molecular complexity index is 792. The van der Waals surface area contributed by atoms with Gasteiger partial charge in [0.05, 0.1) is 24.2 Å². The maximum Gasteiger partial charge on any atom is 0.308 e. The molecule has 1 aromatic heterocycles. The van der Waals surface area contributed by atoms with Crippen LogP contribution in [0.1, 0.15) is 47.0 Å². The highest BCUT2D eigenvalue weighted by molar-refractivity contribution is 5.81. The molecule has 0 spiro atoms. The lowest BCUT2D eigenvalue weighted by atomic mass is 9.83. The number of aromatic nitrogens is 1. The van der Waals surface area contributed by atoms with Crippen LogP contribution in [0.25, 0.3) is 0 Å². The van der Waals surface area contributed by atoms with Gasteiger partial charge >= 0.3 is 5.97 Å². The highest BCUT2D eigenvalue weighted by Crippen LogP contribution is 2.38. The molecule has 6 heteroatoms. The Morgan fingerprint density at radius 1 is 1.36 bits per heavy atom. The van der Waals surface area contributed by atoms with E-state index in [1.165, 1.54) is 0 Å². The van der Waals surface area contributed by atoms with Crippen molar-refractivity contribution < 1.29 is 19.2 Å². The van der Waals surface area contributed by atoms with Crippen molar-refractivity contribution in [1.29, 1.82) is 0 Å². The summed E-state index contributed by atoms with van der Waals surface area (Å²) in [6, 6.07) is 7.22. The van der Waals surface area contributed by atoms with E-state index in [4.69, 9.17) is 4.52 Å². The second kappa shape index (κ2) is 6.70. The van der Waals surface area contributed by atoms with Crippen molar-refractivity contribution in [1.82, 2.24) is 10.1 Å². The minimum atomic E-state index is -0.872. The molecule has 1 aliphatic rings. The highest BCUT2D eigenvalue weighted by Gasteiger charge is 2.41. The van der Waals surface area contributed by atoms with E-state index in [1.807, 2.05) is 38.1 Å². The van der Waals surface area contributed by atoms with Gasteiger partial charge in [-0.05, 0) is 32.8 Å². The fourth-order valence-electron chi connectivity index (χ4n) is 3.56. The Hall–Kier alpha value is -2.63. The molecular weight excluding hydrogens is 320 g/mol. The summed E-state index contributed by atoms with van der Waals surface area (Å²) in [6.45, 7) is 5.90. The molecule has 1 aliphatic heterocycles. The number of hydrogen-bond acceptors (Lipinski definition) is 4. The Morgan fingerprint density at radius 2 is 2.12 bits per heavy atom. The number of nitrogens with zero attached hydrogens (tertiary/aromatic N) is 2. The van der Waals surface area contributed by atoms with Crippen LogP contribution in [-0.4, -0.2) is 27.0 Å². The van der Waals surface area contributed by atoms with Gasteiger partial charge in [-0.2, -0.15) is 0 Å². The number of aryl methyl sites for hydroxylation is 3. The van der Waals surface area contributed by atoms with Crippen molar-refractivity contribution in [3.8, 4) is 0 Å². The predicted molar refractivity (Wildman–Crippen MR) is 90.8 cm³/mol. The second-order valence-corrected chi connectivity index (χ2v) is 6.67. The zero-order valence-corrected chi connectivity index (χ0v) is 14.7. The van der Waals surface area contributed by atoms with Crippen LogP contribution in [0, 0.1) is 26.7 Å². The first kappa shape index (κ1) is 17.2. The van der Waals surface area contributed by atoms with E-state index in [2.05, 4.69) is 5.16 Å². The van der Waals surface area contributed by atoms with Crippen molar-refractivity contribution in [3.05, 3.63) is 52.4 Å². The number of rotatable bonds is 4. The Labute approximate surface area is 146 Å². The fraction of sp³-hybridized carbons (Fsp3) is 0.421. The van der Waals surface area contributed by atoms with Crippen LogP contribution < -0.4 is 0 Å². The molecule has 0 radical (unpaired) electrons. The van der Waals surface area contributed by atoms with Crippen molar-refractivity contribution in [2.75, 3.05) is 0 Å². The maximum absolute atomic E-state index is 12.7. The SMILES string of the molecule is Cc1cccc(C2C(C(=O)O)CCC(=O)N2Cc2c(C)noc2C)c1. The number of carbonyl (C=O) groups is 2. The molecule has 25 heavy (non-hydrogen) atoms. The monoisotopic (exact) mass is 342 g/mol. The van der Waals surface area contributed by atoms with E-state index >= 15 is 0 Å². The first-order valence-corrected chi connectivity index (χ1v) is 8.39. The van der Waals surface area contributed by atoms with Gasteiger partial charge in [0.1, 0.15) is 5.76 Å². The Kier molecular flexibility index (Phi) is 4.61. The largest absolute Gasteiger partial charge is 0.481 e. The average molecular weight is 342 g/mol. The predicted octanol–water partition coefficient (Wildman–Crippen LogP) is 3.16. The van der Waals surface area contributed by atoms with Crippen LogP contribution in [-0.2, 0) is 16.1 Å². The molecule has 0 saturated carbocycles. The van der Waals surface area contributed by atoms with Crippen LogP contribution in [0.3, 0.4) is 0 Å². The number of piperidine rings is 1. The lowest BCUT2D eigenvalue weighted by molar-refractivity contribution is -0.152. The van der Waals surface area contributed by atoms with Crippen molar-refractivity contribution in [3.63, 3.8) is 0 Å². The van der Waals surface area contributed by atoms with E-state index < -0.39 is 17.9 Å². The minimum absolute atomic E-state index is 0.0380. The topological polar surface area (TPSA) is 83.6 Å². The zero-order valence-electron chi connectivity index (χ0n) is 14.7. The van der Waals surface area contributed by atoms with Crippen LogP contribution >= 0.6 is 0 Å². The molecule has 1 N–H and O–H groups in total. The van der Waals surface area contributed by atoms with Gasteiger partial charge in [-0.25, -0.2) is 0 Å². The molecule has 0 bridgehead atoms. The first-order valence-electron chi connectivity index (χ1n) is 8.39. The standard InChI is InChI=1S/C19H22N2O4/c1-11-5-4-6-14(9-11)18-15(19(23)24)7-8-17(22)21(18)10-16-12(2)20-25-13(16)3/h4-6,9,15,18H,7-8,10H2,1-3H3,(H,23,24). The first-order chi connectivity index (χ1) is 11.9. The molecule has 2 heterocycles. The van der Waals surface area contributed by atoms with E-state index in [-0.39, 0.29) is 12.3 Å². The van der Waals surface area contributed by atoms with Gasteiger partial charge in [-0.15, -0.1) is 0 Å². The molecule has 1 saturated heterocycles. The quantitative estimate of drug-likeness (QED) is 0.923. The van der Waals surface area contributed by atoms with Crippen LogP contribution in [0.5, 0.6) is 0 Å². The smallest absolute Gasteiger partial charge is 0.308 e. The van der Waals surface area contributed by atoms with E-state index in [0.717, 1.165) is 22.4 Å². The van der Waals surface area contributed by atoms with Gasteiger partial charge < -0.3 is 14.5 Å². The number of hydrogen-bond donors (Lipinski definition) is 1. The maximum atomic E-state index is 12.7. The van der Waals surface area contributed by atoms with Gasteiger partial charge in [0.2, 0.25) is 5.91 Å². The summed E-state index contributed by atoms with van der Waals surface area (Å²) in [6.07, 6.45) is 0.591. The number of carboxylic acids is 1. The summed E-state index contributed by atoms with van der Waals surface area (Å²) in [5.74, 6) is -0.877. The number of carboxylic acid groups (broad SMARTS) is 1. The minimum Gasteiger partial charge on any atom is -0.481 e. The number of likely N-dealkylation sites (tertiary alicyclic amines) is 1. The van der Waals surface area contributed by atoms with Gasteiger partial charge in [0.25, 0.3) is 0 Å². The molecular formula is C19H22N2O4. The van der Waals surface area contributed by atoms with Gasteiger partial charge in [-0.3, -0.25) is 9.59 Å². The third-order valence-corrected chi connectivity index (χ3v) is 4.92. The number of amides is 1. The van der Waals surface area contributed by atoms with Crippen molar-refractivity contribution in [2.45, 2.75) is 46.2 Å². The van der Waals surface area contributed by atoms with Crippen LogP contribution in [0.2, 0.25) is 0 Å². The average Bonchev–Trinajstić information content (AvgIpc) is 2.88. The number of aliphatic carboxylic acids is 1. The van der Waals surface area contributed by atoms with Crippen molar-refractivity contribution >= 4 is 11.9 Å². The third kappa shape index (κ3) is 3.29. The van der Waals surface area contributed by atoms with Crippen molar-refractivity contribution in [2.24, 2.45) is 5.92 Å². The van der Waals surface area contributed by atoms with E-state index in [1.54, 1.807) is 11.8 Å². The summed E-state index contributed by atoms with van der Waals surface area (Å²) in [5.41, 5.74) is 3.46. The summed E-state index contributed by atoms with van der Waals surface area (Å²) < 4.78 is 5.20. The summed E-state index contributed by atoms with van der Waals surface area (Å²) in [7, 11) is 0. The van der Waals surface area contributed by atoms with Gasteiger partial charge in [0.15, 0.2) is 0 Å². The summed E-state index contributed by atoms with van der Waals surface area (Å²) in [5, 5.41) is 13.7. The zero-order chi connectivity index (χ0) is 18.1. The normalized spacial score (nSPS) is 20.8. The molecule has 2 unspecified atom stereocenters. The molecule has 6 nitrogen and oxygen atoms in total. The lowest BCUT2D eigenvalue weighted by Crippen LogP contribution is -2.45. The van der Waals surface area contributed by atoms with E-state index in [0.29, 0.717) is 18.7 Å². The molecule has 132 valence electrons. The highest BCUT2D eigenvalue weighted by atomic mass is 16.5. The Balaban J connectivity index is 2.04. The van der Waals surface area contributed by atoms with Gasteiger partial charge in [-0.1, -0.05) is 35.0 Å². The number of carbonyl (C=O) groups excluding carboxylic acids is 1. The Morgan fingerprint density at radius 3 is 2.72 bits per heavy atom. The summed E-state index contributed by atoms with van der Waals surface area (Å²) >= 11 is 0. The molecule has 1 aromatic carbocycles. The fourth-order valence-corrected chi connectivity index (χ4v) is 3.56. The van der Waals surface area contributed by atoms with E-state index in [9.17, 15) is 14.7 Å². The van der Waals surface area contributed by atoms with Crippen LogP contribution in [0.15, 0.2) is 28.8 Å². The van der Waals surface area contributed by atoms with Gasteiger partial charge in [0, 0.05) is 12.0 Å². The molecule has 3 rings (SSSR count).